The van der Waals surface area contributed by atoms with Crippen molar-refractivity contribution in [2.45, 2.75) is 0 Å². The van der Waals surface area contributed by atoms with Crippen LogP contribution in [-0.4, -0.2) is 18.1 Å². The molecule has 0 spiro atoms. The van der Waals surface area contributed by atoms with Gasteiger partial charge in [-0.2, -0.15) is 0 Å². The fourth-order valence-corrected chi connectivity index (χ4v) is 2.48. The standard InChI is InChI=1S/C17H12ClNO2/c1-21-17(20)15-6-7-19-10-16(15)13-3-2-12-9-14(18)5-4-11(12)8-13/h2-10H,1H3. The van der Waals surface area contributed by atoms with Crippen molar-refractivity contribution in [2.24, 2.45) is 0 Å². The number of carbonyl (C=O) groups excluding carboxylic acids is 1. The molecule has 1 aromatic heterocycles. The molecule has 0 N–H and O–H groups in total. The minimum atomic E-state index is -0.372. The van der Waals surface area contributed by atoms with Crippen molar-refractivity contribution < 1.29 is 9.53 Å². The quantitative estimate of drug-likeness (QED) is 0.660. The molecule has 0 unspecified atom stereocenters. The molecule has 104 valence electrons. The van der Waals surface area contributed by atoms with Gasteiger partial charge in [-0.3, -0.25) is 4.98 Å². The van der Waals surface area contributed by atoms with Crippen LogP contribution in [0.4, 0.5) is 0 Å². The molecule has 4 heteroatoms. The first kappa shape index (κ1) is 13.6. The van der Waals surface area contributed by atoms with Crippen LogP contribution in [0, 0.1) is 0 Å². The molecule has 2 aromatic carbocycles. The number of halogens is 1. The second kappa shape index (κ2) is 5.54. The van der Waals surface area contributed by atoms with Crippen LogP contribution in [0.1, 0.15) is 10.4 Å². The Bertz CT molecular complexity index is 830. The van der Waals surface area contributed by atoms with Crippen molar-refractivity contribution in [3.63, 3.8) is 0 Å². The summed E-state index contributed by atoms with van der Waals surface area (Å²) in [6.07, 6.45) is 3.25. The molecule has 0 saturated carbocycles. The van der Waals surface area contributed by atoms with Gasteiger partial charge >= 0.3 is 5.97 Å². The van der Waals surface area contributed by atoms with Gasteiger partial charge in [0.2, 0.25) is 0 Å². The molecule has 1 heterocycles. The van der Waals surface area contributed by atoms with Gasteiger partial charge in [0.15, 0.2) is 0 Å². The predicted molar refractivity (Wildman–Crippen MR) is 83.5 cm³/mol. The van der Waals surface area contributed by atoms with Crippen LogP contribution in [0.3, 0.4) is 0 Å². The molecule has 0 aliphatic rings. The van der Waals surface area contributed by atoms with E-state index in [9.17, 15) is 4.79 Å². The first-order valence-corrected chi connectivity index (χ1v) is 6.79. The van der Waals surface area contributed by atoms with Crippen molar-refractivity contribution in [1.82, 2.24) is 4.98 Å². The third-order valence-electron chi connectivity index (χ3n) is 3.34. The van der Waals surface area contributed by atoms with E-state index in [0.717, 1.165) is 21.9 Å². The van der Waals surface area contributed by atoms with Crippen molar-refractivity contribution in [3.8, 4) is 11.1 Å². The lowest BCUT2D eigenvalue weighted by molar-refractivity contribution is 0.0601. The molecule has 0 radical (unpaired) electrons. The minimum absolute atomic E-state index is 0.372. The SMILES string of the molecule is COC(=O)c1ccncc1-c1ccc2cc(Cl)ccc2c1. The maximum atomic E-state index is 11.8. The number of esters is 1. The molecule has 0 aliphatic heterocycles. The van der Waals surface area contributed by atoms with E-state index in [1.807, 2.05) is 36.4 Å². The van der Waals surface area contributed by atoms with Crippen molar-refractivity contribution in [3.05, 3.63) is 65.4 Å². The highest BCUT2D eigenvalue weighted by atomic mass is 35.5. The number of rotatable bonds is 2. The summed E-state index contributed by atoms with van der Waals surface area (Å²) in [5.41, 5.74) is 2.17. The normalized spacial score (nSPS) is 10.6. The first-order valence-electron chi connectivity index (χ1n) is 6.41. The smallest absolute Gasteiger partial charge is 0.338 e. The summed E-state index contributed by atoms with van der Waals surface area (Å²) in [5.74, 6) is -0.372. The maximum absolute atomic E-state index is 11.8. The summed E-state index contributed by atoms with van der Waals surface area (Å²) in [5, 5.41) is 2.80. The van der Waals surface area contributed by atoms with Crippen LogP contribution in [0.15, 0.2) is 54.9 Å². The number of aromatic nitrogens is 1. The molecular formula is C17H12ClNO2. The van der Waals surface area contributed by atoms with Gasteiger partial charge in [0, 0.05) is 23.0 Å². The average molecular weight is 298 g/mol. The first-order chi connectivity index (χ1) is 10.2. The number of methoxy groups -OCH3 is 1. The third-order valence-corrected chi connectivity index (χ3v) is 3.57. The summed E-state index contributed by atoms with van der Waals surface area (Å²) in [4.78, 5) is 16.0. The number of nitrogens with zero attached hydrogens (tertiary/aromatic N) is 1. The van der Waals surface area contributed by atoms with E-state index >= 15 is 0 Å². The topological polar surface area (TPSA) is 39.2 Å². The van der Waals surface area contributed by atoms with Crippen LogP contribution in [-0.2, 0) is 4.74 Å². The van der Waals surface area contributed by atoms with Crippen LogP contribution >= 0.6 is 11.6 Å². The Morgan fingerprint density at radius 2 is 1.86 bits per heavy atom. The molecule has 3 rings (SSSR count). The van der Waals surface area contributed by atoms with E-state index in [2.05, 4.69) is 4.98 Å². The Morgan fingerprint density at radius 3 is 2.67 bits per heavy atom. The van der Waals surface area contributed by atoms with Crippen molar-refractivity contribution >= 4 is 28.3 Å². The molecule has 0 bridgehead atoms. The highest BCUT2D eigenvalue weighted by Gasteiger charge is 2.13. The lowest BCUT2D eigenvalue weighted by Gasteiger charge is -2.08. The lowest BCUT2D eigenvalue weighted by atomic mass is 9.99. The van der Waals surface area contributed by atoms with E-state index in [1.165, 1.54) is 7.11 Å². The zero-order valence-electron chi connectivity index (χ0n) is 11.3. The fraction of sp³-hybridized carbons (Fsp3) is 0.0588. The van der Waals surface area contributed by atoms with E-state index in [0.29, 0.717) is 10.6 Å². The average Bonchev–Trinajstić information content (AvgIpc) is 2.53. The number of hydrogen-bond acceptors (Lipinski definition) is 3. The lowest BCUT2D eigenvalue weighted by Crippen LogP contribution is -2.03. The number of benzene rings is 2. The molecule has 0 saturated heterocycles. The van der Waals surface area contributed by atoms with Crippen LogP contribution in [0.2, 0.25) is 5.02 Å². The van der Waals surface area contributed by atoms with Crippen LogP contribution in [0.5, 0.6) is 0 Å². The van der Waals surface area contributed by atoms with E-state index in [-0.39, 0.29) is 5.97 Å². The molecule has 0 aliphatic carbocycles. The Kier molecular flexibility index (Phi) is 3.59. The van der Waals surface area contributed by atoms with Gasteiger partial charge in [0.25, 0.3) is 0 Å². The van der Waals surface area contributed by atoms with Gasteiger partial charge in [0.05, 0.1) is 12.7 Å². The van der Waals surface area contributed by atoms with Crippen molar-refractivity contribution in [2.75, 3.05) is 7.11 Å². The molecule has 0 atom stereocenters. The molecule has 3 nitrogen and oxygen atoms in total. The summed E-state index contributed by atoms with van der Waals surface area (Å²) < 4.78 is 4.82. The highest BCUT2D eigenvalue weighted by Crippen LogP contribution is 2.28. The second-order valence-electron chi connectivity index (χ2n) is 4.62. The van der Waals surface area contributed by atoms with Crippen LogP contribution in [0.25, 0.3) is 21.9 Å². The minimum Gasteiger partial charge on any atom is -0.465 e. The monoisotopic (exact) mass is 297 g/mol. The Hall–Kier alpha value is -2.39. The fourth-order valence-electron chi connectivity index (χ4n) is 2.30. The Balaban J connectivity index is 2.17. The number of ether oxygens (including phenoxy) is 1. The molecule has 0 amide bonds. The van der Waals surface area contributed by atoms with Crippen LogP contribution < -0.4 is 0 Å². The number of carbonyl (C=O) groups is 1. The van der Waals surface area contributed by atoms with Gasteiger partial charge in [0.1, 0.15) is 0 Å². The summed E-state index contributed by atoms with van der Waals surface area (Å²) in [6.45, 7) is 0. The van der Waals surface area contributed by atoms with Gasteiger partial charge in [-0.15, -0.1) is 0 Å². The highest BCUT2D eigenvalue weighted by molar-refractivity contribution is 6.31. The molecule has 3 aromatic rings. The number of hydrogen-bond donors (Lipinski definition) is 0. The second-order valence-corrected chi connectivity index (χ2v) is 5.06. The zero-order valence-corrected chi connectivity index (χ0v) is 12.1. The molecule has 21 heavy (non-hydrogen) atoms. The van der Waals surface area contributed by atoms with E-state index in [4.69, 9.17) is 16.3 Å². The number of pyridine rings is 1. The molecule has 0 fully saturated rings. The predicted octanol–water partition coefficient (Wildman–Crippen LogP) is 4.34. The van der Waals surface area contributed by atoms with Gasteiger partial charge in [-0.1, -0.05) is 29.8 Å². The van der Waals surface area contributed by atoms with E-state index < -0.39 is 0 Å². The van der Waals surface area contributed by atoms with Gasteiger partial charge in [-0.05, 0) is 40.6 Å². The summed E-state index contributed by atoms with van der Waals surface area (Å²) >= 11 is 5.99. The largest absolute Gasteiger partial charge is 0.465 e. The maximum Gasteiger partial charge on any atom is 0.338 e. The van der Waals surface area contributed by atoms with Gasteiger partial charge < -0.3 is 4.74 Å². The van der Waals surface area contributed by atoms with Crippen molar-refractivity contribution in [1.29, 1.82) is 0 Å². The summed E-state index contributed by atoms with van der Waals surface area (Å²) in [6, 6.07) is 13.3. The third kappa shape index (κ3) is 2.60. The number of fused-ring (bicyclic) bond motifs is 1. The molecular weight excluding hydrogens is 286 g/mol. The Labute approximate surface area is 127 Å². The summed E-state index contributed by atoms with van der Waals surface area (Å²) in [7, 11) is 1.37. The Morgan fingerprint density at radius 1 is 1.10 bits per heavy atom. The van der Waals surface area contributed by atoms with E-state index in [1.54, 1.807) is 18.5 Å². The zero-order chi connectivity index (χ0) is 14.8. The van der Waals surface area contributed by atoms with Gasteiger partial charge in [-0.25, -0.2) is 4.79 Å².